The van der Waals surface area contributed by atoms with Crippen molar-refractivity contribution in [2.45, 2.75) is 63.5 Å². The summed E-state index contributed by atoms with van der Waals surface area (Å²) in [5.41, 5.74) is 1.73. The van der Waals surface area contributed by atoms with Crippen LogP contribution in [-0.2, 0) is 21.7 Å². The Kier molecular flexibility index (Phi) is 8.42. The monoisotopic (exact) mass is 543 g/mol. The minimum absolute atomic E-state index is 0.0596. The highest BCUT2D eigenvalue weighted by Crippen LogP contribution is 2.43. The number of rotatable bonds is 9. The van der Waals surface area contributed by atoms with Gasteiger partial charge in [0.25, 0.3) is 5.91 Å². The molecule has 3 atom stereocenters. The molecule has 0 spiro atoms. The summed E-state index contributed by atoms with van der Waals surface area (Å²) in [6.45, 7) is 2.96. The number of allylic oxidation sites excluding steroid dienone is 1. The van der Waals surface area contributed by atoms with E-state index in [1.807, 2.05) is 61.7 Å². The van der Waals surface area contributed by atoms with Crippen molar-refractivity contribution >= 4 is 23.2 Å². The van der Waals surface area contributed by atoms with E-state index in [0.29, 0.717) is 42.9 Å². The molecule has 2 aliphatic rings. The van der Waals surface area contributed by atoms with Crippen LogP contribution in [0.2, 0.25) is 0 Å². The Morgan fingerprint density at radius 1 is 1.10 bits per heavy atom. The summed E-state index contributed by atoms with van der Waals surface area (Å²) in [4.78, 5) is 27.6. The van der Waals surface area contributed by atoms with E-state index in [2.05, 4.69) is 15.6 Å². The van der Waals surface area contributed by atoms with Gasteiger partial charge in [0.1, 0.15) is 0 Å². The first kappa shape index (κ1) is 27.7. The van der Waals surface area contributed by atoms with Gasteiger partial charge in [-0.05, 0) is 43.0 Å². The average Bonchev–Trinajstić information content (AvgIpc) is 3.52. The molecule has 2 aromatic carbocycles. The number of aryl methyl sites for hydroxylation is 1. The molecule has 2 aliphatic heterocycles. The third-order valence-electron chi connectivity index (χ3n) is 8.05. The number of aliphatic hydroxyl groups excluding tert-OH is 1. The van der Waals surface area contributed by atoms with Crippen molar-refractivity contribution in [1.29, 1.82) is 0 Å². The van der Waals surface area contributed by atoms with Gasteiger partial charge >= 0.3 is 0 Å². The quantitative estimate of drug-likeness (QED) is 0.349. The van der Waals surface area contributed by atoms with Gasteiger partial charge in [-0.3, -0.25) is 14.3 Å². The minimum atomic E-state index is -1.74. The number of hydrogen-bond donors (Lipinski definition) is 3. The van der Waals surface area contributed by atoms with E-state index in [0.717, 1.165) is 36.9 Å². The lowest BCUT2D eigenvalue weighted by Crippen LogP contribution is -2.40. The SMILES string of the molecule is C[C@@H](/C=C/CCn1cc(C(CO)c2ccccc2)nn1)[C@]1(O)C(=O)Nc2ccc(N3CCCCCCC3=O)cc21. The molecule has 1 saturated heterocycles. The Hall–Kier alpha value is -3.82. The van der Waals surface area contributed by atoms with Crippen LogP contribution in [0.25, 0.3) is 0 Å². The van der Waals surface area contributed by atoms with Gasteiger partial charge in [0.15, 0.2) is 5.60 Å². The first-order chi connectivity index (χ1) is 19.4. The molecule has 0 aliphatic carbocycles. The molecule has 1 fully saturated rings. The fraction of sp³-hybridized carbons (Fsp3) is 0.419. The van der Waals surface area contributed by atoms with Gasteiger partial charge in [-0.25, -0.2) is 0 Å². The van der Waals surface area contributed by atoms with Crippen molar-refractivity contribution in [3.63, 3.8) is 0 Å². The van der Waals surface area contributed by atoms with Crippen LogP contribution >= 0.6 is 0 Å². The van der Waals surface area contributed by atoms with E-state index in [1.165, 1.54) is 0 Å². The van der Waals surface area contributed by atoms with Gasteiger partial charge in [-0.1, -0.05) is 67.5 Å². The molecule has 40 heavy (non-hydrogen) atoms. The van der Waals surface area contributed by atoms with E-state index in [1.54, 1.807) is 21.7 Å². The lowest BCUT2D eigenvalue weighted by molar-refractivity contribution is -0.137. The number of carbonyl (C=O) groups is 2. The molecule has 2 amide bonds. The zero-order valence-corrected chi connectivity index (χ0v) is 22.9. The second-order valence-corrected chi connectivity index (χ2v) is 10.7. The Labute approximate surface area is 234 Å². The Balaban J connectivity index is 1.26. The van der Waals surface area contributed by atoms with Gasteiger partial charge in [0.05, 0.1) is 18.2 Å². The van der Waals surface area contributed by atoms with Crippen LogP contribution in [-0.4, -0.2) is 50.2 Å². The molecule has 3 aromatic rings. The number of nitrogens with zero attached hydrogens (tertiary/aromatic N) is 4. The Morgan fingerprint density at radius 3 is 2.70 bits per heavy atom. The number of amides is 2. The zero-order chi connectivity index (χ0) is 28.1. The third-order valence-corrected chi connectivity index (χ3v) is 8.05. The smallest absolute Gasteiger partial charge is 0.261 e. The standard InChI is InChI=1S/C31H37N5O4/c1-22(11-8-10-17-35-20-28(33-34-35)25(21-37)23-12-5-4-6-13-23)31(40)26-19-24(15-16-27(26)32-30(31)39)36-18-9-3-2-7-14-29(36)38/h4-6,8,11-13,15-16,19-20,22,25,37,40H,2-3,7,9-10,14,17-18,21H2,1H3,(H,32,39)/b11-8+/t22-,25?,31+/m0/s1. The maximum absolute atomic E-state index is 13.0. The molecular weight excluding hydrogens is 506 g/mol. The number of aromatic nitrogens is 3. The fourth-order valence-electron chi connectivity index (χ4n) is 5.63. The predicted octanol–water partition coefficient (Wildman–Crippen LogP) is 4.12. The van der Waals surface area contributed by atoms with Gasteiger partial charge in [0, 0.05) is 48.6 Å². The summed E-state index contributed by atoms with van der Waals surface area (Å²) >= 11 is 0. The molecule has 1 unspecified atom stereocenters. The van der Waals surface area contributed by atoms with Crippen LogP contribution < -0.4 is 10.2 Å². The second kappa shape index (κ2) is 12.1. The van der Waals surface area contributed by atoms with E-state index in [4.69, 9.17) is 0 Å². The van der Waals surface area contributed by atoms with Crippen molar-refractivity contribution < 1.29 is 19.8 Å². The molecule has 9 heteroatoms. The summed E-state index contributed by atoms with van der Waals surface area (Å²) in [6.07, 6.45) is 10.7. The number of benzene rings is 2. The summed E-state index contributed by atoms with van der Waals surface area (Å²) in [7, 11) is 0. The summed E-state index contributed by atoms with van der Waals surface area (Å²) in [5.74, 6) is -1.12. The van der Waals surface area contributed by atoms with Gasteiger partial charge < -0.3 is 20.4 Å². The first-order valence-corrected chi connectivity index (χ1v) is 14.1. The molecular formula is C31H37N5O4. The Bertz CT molecular complexity index is 1370. The molecule has 0 saturated carbocycles. The van der Waals surface area contributed by atoms with E-state index in [-0.39, 0.29) is 18.4 Å². The van der Waals surface area contributed by atoms with Gasteiger partial charge in [-0.2, -0.15) is 0 Å². The van der Waals surface area contributed by atoms with Crippen molar-refractivity contribution in [2.24, 2.45) is 5.92 Å². The van der Waals surface area contributed by atoms with Crippen molar-refractivity contribution in [1.82, 2.24) is 15.0 Å². The fourth-order valence-corrected chi connectivity index (χ4v) is 5.63. The Morgan fingerprint density at radius 2 is 1.90 bits per heavy atom. The summed E-state index contributed by atoms with van der Waals surface area (Å²) in [5, 5.41) is 32.8. The highest BCUT2D eigenvalue weighted by atomic mass is 16.3. The number of aliphatic hydroxyl groups is 2. The summed E-state index contributed by atoms with van der Waals surface area (Å²) in [6, 6.07) is 15.1. The van der Waals surface area contributed by atoms with E-state index in [9.17, 15) is 19.8 Å². The lowest BCUT2D eigenvalue weighted by atomic mass is 9.82. The van der Waals surface area contributed by atoms with Gasteiger partial charge in [0.2, 0.25) is 5.91 Å². The summed E-state index contributed by atoms with van der Waals surface area (Å²) < 4.78 is 1.73. The number of nitrogens with one attached hydrogen (secondary N) is 1. The highest BCUT2D eigenvalue weighted by Gasteiger charge is 2.48. The van der Waals surface area contributed by atoms with Crippen molar-refractivity contribution in [3.05, 3.63) is 83.7 Å². The van der Waals surface area contributed by atoms with Crippen LogP contribution in [0.5, 0.6) is 0 Å². The number of anilines is 2. The van der Waals surface area contributed by atoms with Crippen LogP contribution in [0, 0.1) is 5.92 Å². The molecule has 3 N–H and O–H groups in total. The molecule has 9 nitrogen and oxygen atoms in total. The zero-order valence-electron chi connectivity index (χ0n) is 22.9. The molecule has 210 valence electrons. The van der Waals surface area contributed by atoms with Gasteiger partial charge in [-0.15, -0.1) is 5.10 Å². The van der Waals surface area contributed by atoms with E-state index >= 15 is 0 Å². The molecule has 5 rings (SSSR count). The average molecular weight is 544 g/mol. The minimum Gasteiger partial charge on any atom is -0.395 e. The van der Waals surface area contributed by atoms with Crippen molar-refractivity contribution in [3.8, 4) is 0 Å². The third kappa shape index (κ3) is 5.57. The number of carbonyl (C=O) groups excluding carboxylic acids is 2. The molecule has 0 bridgehead atoms. The number of fused-ring (bicyclic) bond motifs is 1. The number of hydrogen-bond acceptors (Lipinski definition) is 6. The largest absolute Gasteiger partial charge is 0.395 e. The molecule has 3 heterocycles. The van der Waals surface area contributed by atoms with Crippen LogP contribution in [0.4, 0.5) is 11.4 Å². The second-order valence-electron chi connectivity index (χ2n) is 10.7. The van der Waals surface area contributed by atoms with Crippen LogP contribution in [0.3, 0.4) is 0 Å². The van der Waals surface area contributed by atoms with E-state index < -0.39 is 17.4 Å². The maximum atomic E-state index is 13.0. The first-order valence-electron chi connectivity index (χ1n) is 14.1. The topological polar surface area (TPSA) is 121 Å². The lowest BCUT2D eigenvalue weighted by Gasteiger charge is -2.29. The predicted molar refractivity (Wildman–Crippen MR) is 153 cm³/mol. The normalized spacial score (nSPS) is 21.1. The molecule has 0 radical (unpaired) electrons. The van der Waals surface area contributed by atoms with Crippen LogP contribution in [0.15, 0.2) is 66.9 Å². The van der Waals surface area contributed by atoms with Crippen molar-refractivity contribution in [2.75, 3.05) is 23.4 Å². The molecule has 1 aromatic heterocycles. The highest BCUT2D eigenvalue weighted by molar-refractivity contribution is 6.06. The maximum Gasteiger partial charge on any atom is 0.261 e. The van der Waals surface area contributed by atoms with Crippen LogP contribution in [0.1, 0.15) is 68.2 Å².